The Labute approximate surface area is 55.5 Å². The fraction of sp³-hybridized carbons (Fsp3) is 1.00. The van der Waals surface area contributed by atoms with Gasteiger partial charge in [0.05, 0.1) is 6.10 Å². The molecule has 0 heterocycles. The Hall–Kier alpha value is 0.170. The van der Waals surface area contributed by atoms with Gasteiger partial charge in [0.15, 0.2) is 0 Å². The lowest BCUT2D eigenvalue weighted by Crippen LogP contribution is -2.22. The second-order valence-corrected chi connectivity index (χ2v) is 1.47. The van der Waals surface area contributed by atoms with Crippen molar-refractivity contribution >= 4 is 12.4 Å². The Kier molecular flexibility index (Phi) is 9.89. The highest BCUT2D eigenvalue weighted by Crippen LogP contribution is 1.81. The van der Waals surface area contributed by atoms with Gasteiger partial charge in [-0.3, -0.25) is 0 Å². The van der Waals surface area contributed by atoms with Crippen molar-refractivity contribution in [3.8, 4) is 0 Å². The molecule has 1 atom stereocenters. The summed E-state index contributed by atoms with van der Waals surface area (Å²) in [6.07, 6.45) is 0.209. The second kappa shape index (κ2) is 7.17. The predicted octanol–water partition coefficient (Wildman–Crippen LogP) is -0.923. The summed E-state index contributed by atoms with van der Waals surface area (Å²) >= 11 is 0. The number of nitrogens with two attached hydrogens (primary N) is 2. The molecule has 0 aliphatic heterocycles. The zero-order valence-electron chi connectivity index (χ0n) is 4.71. The highest BCUT2D eigenvalue weighted by atomic mass is 35.5. The lowest BCUT2D eigenvalue weighted by atomic mass is 10.3. The Bertz CT molecular complexity index is 45.0. The van der Waals surface area contributed by atoms with Crippen molar-refractivity contribution in [2.45, 2.75) is 12.5 Å². The molecule has 0 aromatic heterocycles. The maximum absolute atomic E-state index is 8.65. The first kappa shape index (κ1) is 11.0. The zero-order valence-corrected chi connectivity index (χ0v) is 5.53. The number of aliphatic hydroxyl groups excluding tert-OH is 1. The third kappa shape index (κ3) is 6.17. The summed E-state index contributed by atoms with van der Waals surface area (Å²) < 4.78 is 0. The van der Waals surface area contributed by atoms with Crippen molar-refractivity contribution in [2.75, 3.05) is 13.1 Å². The summed E-state index contributed by atoms with van der Waals surface area (Å²) in [5.41, 5.74) is 10.1. The first-order chi connectivity index (χ1) is 3.31. The Morgan fingerprint density at radius 2 is 1.88 bits per heavy atom. The molecule has 0 aliphatic carbocycles. The summed E-state index contributed by atoms with van der Waals surface area (Å²) in [6.45, 7) is 0.829. The molecule has 0 bridgehead atoms. The van der Waals surface area contributed by atoms with E-state index in [4.69, 9.17) is 16.6 Å². The molecule has 0 saturated carbocycles. The van der Waals surface area contributed by atoms with E-state index in [2.05, 4.69) is 0 Å². The van der Waals surface area contributed by atoms with E-state index < -0.39 is 6.10 Å². The molecule has 8 heavy (non-hydrogen) atoms. The van der Waals surface area contributed by atoms with Gasteiger partial charge in [-0.25, -0.2) is 0 Å². The van der Waals surface area contributed by atoms with Crippen LogP contribution in [0.25, 0.3) is 0 Å². The van der Waals surface area contributed by atoms with Crippen molar-refractivity contribution in [1.29, 1.82) is 0 Å². The van der Waals surface area contributed by atoms with Crippen LogP contribution in [0.1, 0.15) is 6.42 Å². The summed E-state index contributed by atoms with van der Waals surface area (Å²) in [6, 6.07) is 0. The van der Waals surface area contributed by atoms with Gasteiger partial charge in [-0.2, -0.15) is 0 Å². The van der Waals surface area contributed by atoms with Crippen LogP contribution in [0, 0.1) is 0 Å². The summed E-state index contributed by atoms with van der Waals surface area (Å²) in [7, 11) is 0. The molecule has 0 aromatic carbocycles. The quantitative estimate of drug-likeness (QED) is 0.475. The molecule has 0 unspecified atom stereocenters. The van der Waals surface area contributed by atoms with E-state index in [1.165, 1.54) is 0 Å². The molecule has 4 heteroatoms. The summed E-state index contributed by atoms with van der Waals surface area (Å²) in [5, 5.41) is 8.65. The van der Waals surface area contributed by atoms with Crippen LogP contribution in [0.3, 0.4) is 0 Å². The zero-order chi connectivity index (χ0) is 5.70. The van der Waals surface area contributed by atoms with Gasteiger partial charge in [-0.1, -0.05) is 0 Å². The van der Waals surface area contributed by atoms with E-state index in [1.807, 2.05) is 0 Å². The topological polar surface area (TPSA) is 72.3 Å². The molecular formula is C4H13ClN2O. The smallest absolute Gasteiger partial charge is 0.0674 e. The van der Waals surface area contributed by atoms with Crippen molar-refractivity contribution in [3.05, 3.63) is 0 Å². The van der Waals surface area contributed by atoms with Crippen LogP contribution in [0.5, 0.6) is 0 Å². The van der Waals surface area contributed by atoms with Crippen molar-refractivity contribution in [1.82, 2.24) is 0 Å². The highest BCUT2D eigenvalue weighted by molar-refractivity contribution is 5.85. The minimum Gasteiger partial charge on any atom is -0.392 e. The number of hydrogen-bond acceptors (Lipinski definition) is 3. The van der Waals surface area contributed by atoms with Crippen LogP contribution in [-0.2, 0) is 0 Å². The van der Waals surface area contributed by atoms with Gasteiger partial charge in [0, 0.05) is 6.54 Å². The maximum atomic E-state index is 8.65. The standard InChI is InChI=1S/C4H12N2O.ClH/c5-2-1-4(7)3-6;/h4,7H,1-3,5-6H2;1H/t4-;/m1./s1. The van der Waals surface area contributed by atoms with Crippen LogP contribution < -0.4 is 11.5 Å². The normalized spacial score (nSPS) is 12.4. The minimum absolute atomic E-state index is 0. The molecule has 0 aliphatic rings. The third-order valence-corrected chi connectivity index (χ3v) is 0.772. The van der Waals surface area contributed by atoms with E-state index in [1.54, 1.807) is 0 Å². The van der Waals surface area contributed by atoms with E-state index >= 15 is 0 Å². The number of rotatable bonds is 3. The predicted molar refractivity (Wildman–Crippen MR) is 36.0 cm³/mol. The number of aliphatic hydroxyl groups is 1. The van der Waals surface area contributed by atoms with E-state index in [0.29, 0.717) is 19.5 Å². The van der Waals surface area contributed by atoms with Crippen LogP contribution in [-0.4, -0.2) is 24.3 Å². The van der Waals surface area contributed by atoms with E-state index in [0.717, 1.165) is 0 Å². The SMILES string of the molecule is Cl.NCC[C@@H](O)CN. The van der Waals surface area contributed by atoms with Crippen LogP contribution in [0.15, 0.2) is 0 Å². The van der Waals surface area contributed by atoms with Crippen molar-refractivity contribution in [3.63, 3.8) is 0 Å². The first-order valence-corrected chi connectivity index (χ1v) is 2.39. The fourth-order valence-electron chi connectivity index (χ4n) is 0.310. The lowest BCUT2D eigenvalue weighted by molar-refractivity contribution is 0.175. The average Bonchev–Trinajstić information content (AvgIpc) is 1.68. The third-order valence-electron chi connectivity index (χ3n) is 0.772. The Balaban J connectivity index is 0. The molecule has 0 amide bonds. The molecule has 0 radical (unpaired) electrons. The molecule has 0 fully saturated rings. The molecule has 0 spiro atoms. The molecule has 52 valence electrons. The van der Waals surface area contributed by atoms with Gasteiger partial charge in [-0.05, 0) is 13.0 Å². The summed E-state index contributed by atoms with van der Waals surface area (Å²) in [5.74, 6) is 0. The van der Waals surface area contributed by atoms with Crippen LogP contribution in [0.2, 0.25) is 0 Å². The lowest BCUT2D eigenvalue weighted by Gasteiger charge is -2.01. The average molecular weight is 141 g/mol. The van der Waals surface area contributed by atoms with Crippen molar-refractivity contribution in [2.24, 2.45) is 11.5 Å². The molecule has 0 aromatic rings. The Morgan fingerprint density at radius 3 is 2.00 bits per heavy atom. The summed E-state index contributed by atoms with van der Waals surface area (Å²) in [4.78, 5) is 0. The number of halogens is 1. The highest BCUT2D eigenvalue weighted by Gasteiger charge is 1.95. The minimum atomic E-state index is -0.398. The van der Waals surface area contributed by atoms with E-state index in [9.17, 15) is 0 Å². The second-order valence-electron chi connectivity index (χ2n) is 1.47. The van der Waals surface area contributed by atoms with Crippen LogP contribution >= 0.6 is 12.4 Å². The Morgan fingerprint density at radius 1 is 1.38 bits per heavy atom. The number of hydrogen-bond donors (Lipinski definition) is 3. The van der Waals surface area contributed by atoms with Gasteiger partial charge >= 0.3 is 0 Å². The van der Waals surface area contributed by atoms with Crippen LogP contribution in [0.4, 0.5) is 0 Å². The molecule has 5 N–H and O–H groups in total. The maximum Gasteiger partial charge on any atom is 0.0674 e. The monoisotopic (exact) mass is 140 g/mol. The van der Waals surface area contributed by atoms with Gasteiger partial charge in [0.1, 0.15) is 0 Å². The first-order valence-electron chi connectivity index (χ1n) is 2.39. The molecule has 0 saturated heterocycles. The molecule has 3 nitrogen and oxygen atoms in total. The van der Waals surface area contributed by atoms with E-state index in [-0.39, 0.29) is 12.4 Å². The largest absolute Gasteiger partial charge is 0.392 e. The molecule has 0 rings (SSSR count). The van der Waals surface area contributed by atoms with Gasteiger partial charge in [-0.15, -0.1) is 12.4 Å². The molecular weight excluding hydrogens is 128 g/mol. The van der Waals surface area contributed by atoms with Crippen molar-refractivity contribution < 1.29 is 5.11 Å². The fourth-order valence-corrected chi connectivity index (χ4v) is 0.310. The van der Waals surface area contributed by atoms with Gasteiger partial charge in [0.25, 0.3) is 0 Å². The van der Waals surface area contributed by atoms with Gasteiger partial charge in [0.2, 0.25) is 0 Å². The van der Waals surface area contributed by atoms with Gasteiger partial charge < -0.3 is 16.6 Å².